The molecule has 18 heteroatoms. The van der Waals surface area contributed by atoms with Crippen molar-refractivity contribution in [3.63, 3.8) is 0 Å². The van der Waals surface area contributed by atoms with E-state index in [-0.39, 0.29) is 30.2 Å². The van der Waals surface area contributed by atoms with Gasteiger partial charge in [-0.15, -0.1) is 0 Å². The Bertz CT molecular complexity index is 2990. The van der Waals surface area contributed by atoms with Crippen LogP contribution in [-0.2, 0) is 55.1 Å². The normalized spacial score (nSPS) is 17.4. The van der Waals surface area contributed by atoms with Crippen LogP contribution in [0.3, 0.4) is 0 Å². The molecule has 0 saturated carbocycles. The molecule has 0 radical (unpaired) electrons. The van der Waals surface area contributed by atoms with Crippen molar-refractivity contribution in [2.75, 3.05) is 44.9 Å². The quantitative estimate of drug-likeness (QED) is 0.110. The van der Waals surface area contributed by atoms with Gasteiger partial charge in [-0.2, -0.15) is 9.57 Å². The number of rotatable bonds is 13. The molecular formula is C50H45Cl2N5O9S2. The molecule has 1 saturated heterocycles. The Balaban J connectivity index is 0.965. The van der Waals surface area contributed by atoms with E-state index in [0.29, 0.717) is 87.7 Å². The van der Waals surface area contributed by atoms with Gasteiger partial charge in [0, 0.05) is 26.1 Å². The number of benzene rings is 5. The monoisotopic (exact) mass is 993 g/mol. The van der Waals surface area contributed by atoms with Crippen molar-refractivity contribution in [1.82, 2.24) is 14.6 Å². The smallest absolute Gasteiger partial charge is 0.328 e. The summed E-state index contributed by atoms with van der Waals surface area (Å²) in [6, 6.07) is 30.8. The number of nitriles is 1. The van der Waals surface area contributed by atoms with Crippen molar-refractivity contribution in [3.8, 4) is 34.4 Å². The molecule has 4 heterocycles. The average Bonchev–Trinajstić information content (AvgIpc) is 3.78. The summed E-state index contributed by atoms with van der Waals surface area (Å²) in [6.45, 7) is 4.08. The number of aromatic nitrogens is 1. The number of nitrogens with zero attached hydrogens (tertiary/aromatic N) is 4. The van der Waals surface area contributed by atoms with Crippen LogP contribution in [0, 0.1) is 18.3 Å². The third-order valence-electron chi connectivity index (χ3n) is 12.1. The summed E-state index contributed by atoms with van der Waals surface area (Å²) >= 11 is 13.3. The molecule has 6 aromatic rings. The standard InChI is InChI=1S/C50H45Cl2N5O9S2/c1-30-49(67-50(54-30)56-17-19-63-20-18-56)68(60,61)57-27-38-25-45-44(65-29-46(66-45)36-12-14-39(15-13-36)64-28-33-7-16-40(51)41(52)21-33)24-37(38)23-43(57)47(58)55-42(48(59)62-2)22-31-3-8-34(9-4-31)35-10-5-32(26-53)6-11-35/h3-16,21,24-25,42-43,46H,17-20,22-23,27-29H2,1-2H3,(H,55,58). The lowest BCUT2D eigenvalue weighted by Crippen LogP contribution is -2.56. The lowest BCUT2D eigenvalue weighted by Gasteiger charge is -2.36. The largest absolute Gasteiger partial charge is 0.489 e. The zero-order chi connectivity index (χ0) is 47.5. The van der Waals surface area contributed by atoms with E-state index >= 15 is 0 Å². The molecule has 3 atom stereocenters. The zero-order valence-electron chi connectivity index (χ0n) is 36.9. The van der Waals surface area contributed by atoms with Crippen LogP contribution in [0.2, 0.25) is 10.0 Å². The van der Waals surface area contributed by atoms with Gasteiger partial charge in [-0.3, -0.25) is 4.79 Å². The molecule has 14 nitrogen and oxygen atoms in total. The SMILES string of the molecule is COC(=O)C(Cc1ccc(-c2ccc(C#N)cc2)cc1)NC(=O)C1Cc2cc3c(cc2CN1S(=O)(=O)c1sc(N2CCOCC2)nc1C)OC(c1ccc(OCc2ccc(Cl)c(Cl)c2)cc1)CO3. The van der Waals surface area contributed by atoms with Crippen LogP contribution in [0.5, 0.6) is 17.2 Å². The van der Waals surface area contributed by atoms with E-state index in [0.717, 1.165) is 39.2 Å². The predicted octanol–water partition coefficient (Wildman–Crippen LogP) is 8.24. The van der Waals surface area contributed by atoms with Crippen LogP contribution < -0.4 is 24.4 Å². The minimum absolute atomic E-state index is 0.0223. The summed E-state index contributed by atoms with van der Waals surface area (Å²) in [5.74, 6) is 0.181. The van der Waals surface area contributed by atoms with Crippen LogP contribution in [-0.4, -0.2) is 81.7 Å². The first-order valence-electron chi connectivity index (χ1n) is 21.8. The number of nitrogens with one attached hydrogen (secondary N) is 1. The summed E-state index contributed by atoms with van der Waals surface area (Å²) in [6.07, 6.45) is -0.425. The van der Waals surface area contributed by atoms with Crippen molar-refractivity contribution >= 4 is 61.6 Å². The highest BCUT2D eigenvalue weighted by molar-refractivity contribution is 7.91. The van der Waals surface area contributed by atoms with Gasteiger partial charge in [0.2, 0.25) is 5.91 Å². The molecule has 3 aliphatic heterocycles. The third kappa shape index (κ3) is 10.1. The number of hydrogen-bond donors (Lipinski definition) is 1. The van der Waals surface area contributed by atoms with Gasteiger partial charge >= 0.3 is 5.97 Å². The number of esters is 1. The van der Waals surface area contributed by atoms with E-state index in [1.807, 2.05) is 71.6 Å². The van der Waals surface area contributed by atoms with Crippen molar-refractivity contribution in [3.05, 3.63) is 152 Å². The maximum Gasteiger partial charge on any atom is 0.328 e. The number of amides is 1. The summed E-state index contributed by atoms with van der Waals surface area (Å²) in [4.78, 5) is 34.6. The molecule has 3 unspecified atom stereocenters. The Morgan fingerprint density at radius 2 is 1.60 bits per heavy atom. The number of thiazole rings is 1. The Labute approximate surface area is 407 Å². The van der Waals surface area contributed by atoms with Crippen molar-refractivity contribution in [2.45, 2.75) is 55.3 Å². The molecule has 350 valence electrons. The third-order valence-corrected chi connectivity index (χ3v) is 16.5. The molecule has 0 aliphatic carbocycles. The van der Waals surface area contributed by atoms with Gasteiger partial charge in [-0.1, -0.05) is 89.1 Å². The number of anilines is 1. The maximum absolute atomic E-state index is 15.0. The number of carbonyl (C=O) groups excluding carboxylic acids is 2. The number of aryl methyl sites for hydroxylation is 1. The molecule has 0 bridgehead atoms. The van der Waals surface area contributed by atoms with Gasteiger partial charge in [-0.05, 0) is 101 Å². The Hall–Kier alpha value is -6.19. The minimum Gasteiger partial charge on any atom is -0.489 e. The van der Waals surface area contributed by atoms with Gasteiger partial charge in [0.15, 0.2) is 26.9 Å². The van der Waals surface area contributed by atoms with E-state index in [2.05, 4.69) is 16.4 Å². The summed E-state index contributed by atoms with van der Waals surface area (Å²) in [5, 5.41) is 13.5. The Morgan fingerprint density at radius 3 is 2.29 bits per heavy atom. The fourth-order valence-electron chi connectivity index (χ4n) is 8.36. The van der Waals surface area contributed by atoms with Crippen LogP contribution in [0.15, 0.2) is 107 Å². The molecular weight excluding hydrogens is 950 g/mol. The number of carbonyl (C=O) groups is 2. The van der Waals surface area contributed by atoms with E-state index in [9.17, 15) is 23.3 Å². The molecule has 9 rings (SSSR count). The Kier molecular flexibility index (Phi) is 13.9. The summed E-state index contributed by atoms with van der Waals surface area (Å²) in [5.41, 5.74) is 6.46. The highest BCUT2D eigenvalue weighted by atomic mass is 35.5. The van der Waals surface area contributed by atoms with Gasteiger partial charge in [0.25, 0.3) is 10.0 Å². The van der Waals surface area contributed by atoms with Gasteiger partial charge < -0.3 is 33.9 Å². The first-order chi connectivity index (χ1) is 32.9. The van der Waals surface area contributed by atoms with Crippen LogP contribution >= 0.6 is 34.5 Å². The first-order valence-corrected chi connectivity index (χ1v) is 24.8. The zero-order valence-corrected chi connectivity index (χ0v) is 40.1. The van der Waals surface area contributed by atoms with Crippen LogP contribution in [0.4, 0.5) is 5.13 Å². The van der Waals surface area contributed by atoms with E-state index in [4.69, 9.17) is 46.9 Å². The lowest BCUT2D eigenvalue weighted by molar-refractivity contribution is -0.145. The topological polar surface area (TPSA) is 170 Å². The number of hydrogen-bond acceptors (Lipinski definition) is 13. The Morgan fingerprint density at radius 1 is 0.912 bits per heavy atom. The number of sulfonamides is 1. The molecule has 1 fully saturated rings. The van der Waals surface area contributed by atoms with E-state index in [1.165, 1.54) is 11.4 Å². The molecule has 1 aromatic heterocycles. The number of morpholine rings is 1. The van der Waals surface area contributed by atoms with Gasteiger partial charge in [-0.25, -0.2) is 18.2 Å². The lowest BCUT2D eigenvalue weighted by atomic mass is 9.93. The van der Waals surface area contributed by atoms with Crippen molar-refractivity contribution in [1.29, 1.82) is 5.26 Å². The van der Waals surface area contributed by atoms with Crippen molar-refractivity contribution in [2.24, 2.45) is 0 Å². The molecule has 1 amide bonds. The highest BCUT2D eigenvalue weighted by Gasteiger charge is 2.43. The van der Waals surface area contributed by atoms with Gasteiger partial charge in [0.05, 0.1) is 47.7 Å². The van der Waals surface area contributed by atoms with Crippen LogP contribution in [0.1, 0.15) is 45.2 Å². The number of methoxy groups -OCH3 is 1. The molecule has 5 aromatic carbocycles. The highest BCUT2D eigenvalue weighted by Crippen LogP contribution is 2.43. The van der Waals surface area contributed by atoms with Crippen LogP contribution in [0.25, 0.3) is 11.1 Å². The van der Waals surface area contributed by atoms with E-state index < -0.39 is 40.1 Å². The molecule has 1 N–H and O–H groups in total. The molecule has 3 aliphatic rings. The van der Waals surface area contributed by atoms with Gasteiger partial charge in [0.1, 0.15) is 31.0 Å². The molecule has 0 spiro atoms. The maximum atomic E-state index is 15.0. The van der Waals surface area contributed by atoms with Crippen molar-refractivity contribution < 1.29 is 41.7 Å². The molecule has 68 heavy (non-hydrogen) atoms. The average molecular weight is 995 g/mol. The fourth-order valence-corrected chi connectivity index (χ4v) is 11.9. The number of fused-ring (bicyclic) bond motifs is 2. The minimum atomic E-state index is -4.37. The van der Waals surface area contributed by atoms with E-state index in [1.54, 1.807) is 43.3 Å². The second kappa shape index (κ2) is 20.2. The number of ether oxygens (including phenoxy) is 5. The predicted molar refractivity (Wildman–Crippen MR) is 257 cm³/mol. The fraction of sp³-hybridized carbons (Fsp3) is 0.280. The second-order valence-corrected chi connectivity index (χ2v) is 20.4. The number of halogens is 2. The second-order valence-electron chi connectivity index (χ2n) is 16.5. The summed E-state index contributed by atoms with van der Waals surface area (Å²) in [7, 11) is -3.13. The summed E-state index contributed by atoms with van der Waals surface area (Å²) < 4.78 is 60.6. The first kappa shape index (κ1) is 46.9.